The number of hydrogen-bond donors (Lipinski definition) is 2. The molecule has 0 fully saturated rings. The molecule has 0 aliphatic carbocycles. The lowest BCUT2D eigenvalue weighted by atomic mass is 10.1. The summed E-state index contributed by atoms with van der Waals surface area (Å²) in [6, 6.07) is 1.83. The van der Waals surface area contributed by atoms with Gasteiger partial charge in [-0.15, -0.1) is 0 Å². The van der Waals surface area contributed by atoms with E-state index >= 15 is 0 Å². The number of pyridine rings is 1. The van der Waals surface area contributed by atoms with Crippen LogP contribution in [0.25, 0.3) is 0 Å². The van der Waals surface area contributed by atoms with Crippen LogP contribution in [0, 0.1) is 19.3 Å². The zero-order chi connectivity index (χ0) is 14.8. The first-order valence-corrected chi connectivity index (χ1v) is 6.28. The lowest BCUT2D eigenvalue weighted by molar-refractivity contribution is 0.114. The van der Waals surface area contributed by atoms with E-state index in [1.807, 2.05) is 34.0 Å². The van der Waals surface area contributed by atoms with Crippen molar-refractivity contribution in [2.75, 3.05) is 20.7 Å². The Hall–Kier alpha value is -1.62. The Morgan fingerprint density at radius 2 is 2.00 bits per heavy atom. The van der Waals surface area contributed by atoms with Crippen molar-refractivity contribution in [2.24, 2.45) is 5.73 Å². The molecule has 3 N–H and O–H groups in total. The Labute approximate surface area is 115 Å². The summed E-state index contributed by atoms with van der Waals surface area (Å²) in [6.45, 7) is 8.46. The molecule has 0 saturated carbocycles. The summed E-state index contributed by atoms with van der Waals surface area (Å²) < 4.78 is 5.88. The third-order valence-electron chi connectivity index (χ3n) is 3.35. The highest BCUT2D eigenvalue weighted by Gasteiger charge is 2.23. The molecule has 19 heavy (non-hydrogen) atoms. The van der Waals surface area contributed by atoms with Crippen molar-refractivity contribution in [2.45, 2.75) is 33.2 Å². The van der Waals surface area contributed by atoms with Crippen LogP contribution in [0.15, 0.2) is 6.07 Å². The number of rotatable bonds is 5. The molecule has 0 amide bonds. The molecule has 1 aromatic rings. The minimum atomic E-state index is -0.0981. The van der Waals surface area contributed by atoms with Gasteiger partial charge in [0.25, 0.3) is 0 Å². The highest BCUT2D eigenvalue weighted by molar-refractivity contribution is 5.98. The summed E-state index contributed by atoms with van der Waals surface area (Å²) >= 11 is 0. The Kier molecular flexibility index (Phi) is 4.52. The fraction of sp³-hybridized carbons (Fsp3) is 0.571. The molecule has 0 aliphatic rings. The van der Waals surface area contributed by atoms with Crippen LogP contribution in [0.5, 0.6) is 5.75 Å². The average Bonchev–Trinajstić information content (AvgIpc) is 2.24. The van der Waals surface area contributed by atoms with Crippen molar-refractivity contribution in [3.05, 3.63) is 23.0 Å². The molecule has 0 spiro atoms. The first-order valence-electron chi connectivity index (χ1n) is 6.28. The molecular formula is C14H24N4O. The summed E-state index contributed by atoms with van der Waals surface area (Å²) in [5, 5.41) is 7.65. The first kappa shape index (κ1) is 15.4. The van der Waals surface area contributed by atoms with E-state index < -0.39 is 0 Å². The van der Waals surface area contributed by atoms with E-state index in [1.54, 1.807) is 0 Å². The maximum absolute atomic E-state index is 7.65. The van der Waals surface area contributed by atoms with Gasteiger partial charge in [0.1, 0.15) is 18.2 Å². The Morgan fingerprint density at radius 1 is 1.42 bits per heavy atom. The van der Waals surface area contributed by atoms with Gasteiger partial charge in [-0.1, -0.05) is 0 Å². The van der Waals surface area contributed by atoms with Crippen molar-refractivity contribution in [1.82, 2.24) is 9.88 Å². The van der Waals surface area contributed by atoms with Crippen LogP contribution >= 0.6 is 0 Å². The molecule has 1 aromatic heterocycles. The number of nitrogens with two attached hydrogens (primary N) is 1. The molecule has 0 bridgehead atoms. The van der Waals surface area contributed by atoms with Gasteiger partial charge >= 0.3 is 0 Å². The monoisotopic (exact) mass is 264 g/mol. The van der Waals surface area contributed by atoms with E-state index in [9.17, 15) is 0 Å². The molecule has 0 unspecified atom stereocenters. The quantitative estimate of drug-likeness (QED) is 0.627. The normalized spacial score (nSPS) is 11.7. The van der Waals surface area contributed by atoms with Crippen LogP contribution in [0.4, 0.5) is 0 Å². The molecule has 1 heterocycles. The van der Waals surface area contributed by atoms with Crippen LogP contribution in [-0.4, -0.2) is 42.0 Å². The second kappa shape index (κ2) is 5.57. The van der Waals surface area contributed by atoms with Crippen LogP contribution < -0.4 is 10.5 Å². The van der Waals surface area contributed by atoms with Crippen molar-refractivity contribution in [3.8, 4) is 5.75 Å². The lowest BCUT2D eigenvalue weighted by Gasteiger charge is -2.32. The number of aromatic nitrogens is 1. The number of nitrogens with zero attached hydrogens (tertiary/aromatic N) is 2. The molecule has 0 saturated heterocycles. The standard InChI is InChI=1S/C14H24N4O/c1-9-7-11(12(13(15)16)10(2)17-9)19-8-14(3,4)18(5)6/h7H,8H2,1-6H3,(H3,15,16). The number of aryl methyl sites for hydroxylation is 2. The second-order valence-electron chi connectivity index (χ2n) is 5.63. The number of nitrogen functional groups attached to an aromatic ring is 1. The number of likely N-dealkylation sites (N-methyl/N-ethyl adjacent to an activating group) is 1. The molecular weight excluding hydrogens is 240 g/mol. The second-order valence-corrected chi connectivity index (χ2v) is 5.63. The van der Waals surface area contributed by atoms with Gasteiger partial charge in [0.05, 0.1) is 11.3 Å². The summed E-state index contributed by atoms with van der Waals surface area (Å²) in [4.78, 5) is 6.42. The SMILES string of the molecule is Cc1cc(OCC(C)(C)N(C)C)c(C(=N)N)c(C)n1. The zero-order valence-corrected chi connectivity index (χ0v) is 12.7. The van der Waals surface area contributed by atoms with Gasteiger partial charge in [-0.2, -0.15) is 0 Å². The van der Waals surface area contributed by atoms with Crippen molar-refractivity contribution in [3.63, 3.8) is 0 Å². The van der Waals surface area contributed by atoms with Gasteiger partial charge in [-0.05, 0) is 41.8 Å². The van der Waals surface area contributed by atoms with Crippen molar-refractivity contribution >= 4 is 5.84 Å². The first-order chi connectivity index (χ1) is 8.65. The third kappa shape index (κ3) is 3.67. The van der Waals surface area contributed by atoms with Crippen LogP contribution in [-0.2, 0) is 0 Å². The number of nitrogens with one attached hydrogen (secondary N) is 1. The minimum absolute atomic E-state index is 0.0114. The van der Waals surface area contributed by atoms with Crippen LogP contribution in [0.3, 0.4) is 0 Å². The molecule has 106 valence electrons. The predicted molar refractivity (Wildman–Crippen MR) is 78.0 cm³/mol. The van der Waals surface area contributed by atoms with Gasteiger partial charge in [0.2, 0.25) is 0 Å². The Balaban J connectivity index is 3.04. The Bertz CT molecular complexity index is 481. The fourth-order valence-electron chi connectivity index (χ4n) is 1.62. The molecule has 1 rings (SSSR count). The van der Waals surface area contributed by atoms with E-state index in [0.29, 0.717) is 17.9 Å². The summed E-state index contributed by atoms with van der Waals surface area (Å²) in [7, 11) is 4.02. The minimum Gasteiger partial charge on any atom is -0.491 e. The highest BCUT2D eigenvalue weighted by Crippen LogP contribution is 2.23. The molecule has 0 aliphatic heterocycles. The number of ether oxygens (including phenoxy) is 1. The molecule has 0 radical (unpaired) electrons. The maximum atomic E-state index is 7.65. The van der Waals surface area contributed by atoms with Crippen molar-refractivity contribution in [1.29, 1.82) is 5.41 Å². The Morgan fingerprint density at radius 3 is 2.47 bits per heavy atom. The summed E-state index contributed by atoms with van der Waals surface area (Å²) in [5.41, 5.74) is 7.69. The topological polar surface area (TPSA) is 75.2 Å². The van der Waals surface area contributed by atoms with Gasteiger partial charge in [0.15, 0.2) is 0 Å². The van der Waals surface area contributed by atoms with Crippen LogP contribution in [0.1, 0.15) is 30.8 Å². The molecule has 5 nitrogen and oxygen atoms in total. The number of hydrogen-bond acceptors (Lipinski definition) is 4. The third-order valence-corrected chi connectivity index (χ3v) is 3.35. The van der Waals surface area contributed by atoms with E-state index in [2.05, 4.69) is 23.7 Å². The highest BCUT2D eigenvalue weighted by atomic mass is 16.5. The molecule has 0 aromatic carbocycles. The smallest absolute Gasteiger partial charge is 0.133 e. The number of amidine groups is 1. The summed E-state index contributed by atoms with van der Waals surface area (Å²) in [6.07, 6.45) is 0. The van der Waals surface area contributed by atoms with Gasteiger partial charge in [-0.3, -0.25) is 10.4 Å². The van der Waals surface area contributed by atoms with Gasteiger partial charge < -0.3 is 15.4 Å². The lowest BCUT2D eigenvalue weighted by Crippen LogP contribution is -2.43. The van der Waals surface area contributed by atoms with Gasteiger partial charge in [0, 0.05) is 17.3 Å². The molecule has 5 heteroatoms. The van der Waals surface area contributed by atoms with Crippen LogP contribution in [0.2, 0.25) is 0 Å². The maximum Gasteiger partial charge on any atom is 0.133 e. The molecule has 0 atom stereocenters. The van der Waals surface area contributed by atoms with Crippen molar-refractivity contribution < 1.29 is 4.74 Å². The van der Waals surface area contributed by atoms with Gasteiger partial charge in [-0.25, -0.2) is 0 Å². The zero-order valence-electron chi connectivity index (χ0n) is 12.7. The largest absolute Gasteiger partial charge is 0.491 e. The summed E-state index contributed by atoms with van der Waals surface area (Å²) in [5.74, 6) is 0.620. The predicted octanol–water partition coefficient (Wildman–Crippen LogP) is 1.70. The van der Waals surface area contributed by atoms with E-state index in [1.165, 1.54) is 0 Å². The van der Waals surface area contributed by atoms with E-state index in [0.717, 1.165) is 11.4 Å². The van der Waals surface area contributed by atoms with E-state index in [4.69, 9.17) is 15.9 Å². The average molecular weight is 264 g/mol. The van der Waals surface area contributed by atoms with E-state index in [-0.39, 0.29) is 11.4 Å². The fourth-order valence-corrected chi connectivity index (χ4v) is 1.62.